The predicted octanol–water partition coefficient (Wildman–Crippen LogP) is 12.9. The lowest BCUT2D eigenvalue weighted by Gasteiger charge is -2.18. The molecule has 0 spiro atoms. The molecular weight excluding hydrogens is 549 g/mol. The Morgan fingerprint density at radius 3 is 1.82 bits per heavy atom. The number of hydrogen-bond donors (Lipinski definition) is 0. The van der Waals surface area contributed by atoms with Crippen LogP contribution in [0.1, 0.15) is 16.7 Å². The molecule has 0 unspecified atom stereocenters. The van der Waals surface area contributed by atoms with Gasteiger partial charge in [0.1, 0.15) is 0 Å². The lowest BCUT2D eigenvalue weighted by Crippen LogP contribution is -1.92. The molecule has 0 atom stereocenters. The molecule has 8 aromatic carbocycles. The lowest BCUT2D eigenvalue weighted by molar-refractivity contribution is 1.44. The highest BCUT2D eigenvalue weighted by Crippen LogP contribution is 2.42. The summed E-state index contributed by atoms with van der Waals surface area (Å²) in [6.45, 7) is 6.62. The summed E-state index contributed by atoms with van der Waals surface area (Å²) in [5, 5.41) is 13.5. The van der Waals surface area contributed by atoms with E-state index in [-0.39, 0.29) is 0 Å². The van der Waals surface area contributed by atoms with E-state index < -0.39 is 0 Å². The van der Waals surface area contributed by atoms with E-state index in [0.29, 0.717) is 0 Å². The quantitative estimate of drug-likeness (QED) is 0.169. The van der Waals surface area contributed by atoms with Gasteiger partial charge in [0, 0.05) is 20.2 Å². The lowest BCUT2D eigenvalue weighted by atomic mass is 9.85. The van der Waals surface area contributed by atoms with Crippen molar-refractivity contribution in [3.63, 3.8) is 0 Å². The standard InChI is InChI=1S/C26H20.C17H12S/c1-17-9-3-5-11-20(17)25-18(2)21-12-7-8-14-23(21)26-22-13-6-4-10-19(22)15-16-24(25)26;1-11-6-9-16-15(10-11)14-8-7-12-4-2-3-5-13(12)17(14)18-16/h3-16H,1-2H3;2-10H,1H3. The average molecular weight is 581 g/mol. The third kappa shape index (κ3) is 4.27. The third-order valence-corrected chi connectivity index (χ3v) is 10.3. The van der Waals surface area contributed by atoms with Gasteiger partial charge < -0.3 is 0 Å². The van der Waals surface area contributed by atoms with Crippen LogP contribution in [0.25, 0.3) is 74.4 Å². The maximum Gasteiger partial charge on any atom is 0.0433 e. The molecule has 9 rings (SSSR count). The molecule has 9 aromatic rings. The van der Waals surface area contributed by atoms with Gasteiger partial charge in [0.25, 0.3) is 0 Å². The van der Waals surface area contributed by atoms with Crippen LogP contribution in [0.15, 0.2) is 140 Å². The first kappa shape index (κ1) is 26.6. The topological polar surface area (TPSA) is 0 Å². The molecule has 0 aliphatic carbocycles. The highest BCUT2D eigenvalue weighted by molar-refractivity contribution is 7.26. The molecule has 0 radical (unpaired) electrons. The molecule has 0 aliphatic heterocycles. The molecule has 0 nitrogen and oxygen atoms in total. The van der Waals surface area contributed by atoms with Gasteiger partial charge in [0.15, 0.2) is 0 Å². The Kier molecular flexibility index (Phi) is 6.43. The molecule has 1 heteroatoms. The minimum Gasteiger partial charge on any atom is -0.135 e. The predicted molar refractivity (Wildman–Crippen MR) is 195 cm³/mol. The van der Waals surface area contributed by atoms with E-state index in [9.17, 15) is 0 Å². The average Bonchev–Trinajstić information content (AvgIpc) is 3.44. The summed E-state index contributed by atoms with van der Waals surface area (Å²) in [5.41, 5.74) is 6.70. The van der Waals surface area contributed by atoms with Crippen molar-refractivity contribution in [2.45, 2.75) is 20.8 Å². The molecule has 0 bridgehead atoms. The maximum absolute atomic E-state index is 2.30. The minimum absolute atomic E-state index is 1.30. The summed E-state index contributed by atoms with van der Waals surface area (Å²) in [6.07, 6.45) is 0. The van der Waals surface area contributed by atoms with Crippen molar-refractivity contribution in [1.82, 2.24) is 0 Å². The SMILES string of the molecule is Cc1ccc2sc3c4ccccc4ccc3c2c1.Cc1ccccc1-c1c(C)c2ccccc2c2c1ccc1ccccc12. The first-order valence-corrected chi connectivity index (χ1v) is 16.1. The first-order chi connectivity index (χ1) is 21.6. The van der Waals surface area contributed by atoms with Gasteiger partial charge in [-0.1, -0.05) is 133 Å². The number of rotatable bonds is 1. The second kappa shape index (κ2) is 10.6. The summed E-state index contributed by atoms with van der Waals surface area (Å²) in [6, 6.07) is 50.7. The van der Waals surface area contributed by atoms with E-state index in [1.807, 2.05) is 11.3 Å². The monoisotopic (exact) mass is 580 g/mol. The van der Waals surface area contributed by atoms with Crippen LogP contribution in [0.3, 0.4) is 0 Å². The smallest absolute Gasteiger partial charge is 0.0433 e. The van der Waals surface area contributed by atoms with Gasteiger partial charge in [-0.15, -0.1) is 11.3 Å². The third-order valence-electron chi connectivity index (χ3n) is 9.11. The fourth-order valence-corrected chi connectivity index (χ4v) is 8.17. The van der Waals surface area contributed by atoms with E-state index in [1.54, 1.807) is 0 Å². The van der Waals surface area contributed by atoms with Gasteiger partial charge in [-0.05, 0) is 98.2 Å². The summed E-state index contributed by atoms with van der Waals surface area (Å²) < 4.78 is 2.79. The second-order valence-corrected chi connectivity index (χ2v) is 12.9. The van der Waals surface area contributed by atoms with Crippen LogP contribution >= 0.6 is 11.3 Å². The van der Waals surface area contributed by atoms with Crippen LogP contribution < -0.4 is 0 Å². The molecule has 1 heterocycles. The Balaban J connectivity index is 0.000000140. The maximum atomic E-state index is 2.30. The van der Waals surface area contributed by atoms with Gasteiger partial charge in [-0.2, -0.15) is 0 Å². The van der Waals surface area contributed by atoms with Crippen LogP contribution in [0.5, 0.6) is 0 Å². The molecule has 1 aromatic heterocycles. The Bertz CT molecular complexity index is 2530. The summed E-state index contributed by atoms with van der Waals surface area (Å²) >= 11 is 1.90. The summed E-state index contributed by atoms with van der Waals surface area (Å²) in [7, 11) is 0. The molecule has 0 N–H and O–H groups in total. The zero-order chi connectivity index (χ0) is 29.8. The largest absolute Gasteiger partial charge is 0.135 e. The van der Waals surface area contributed by atoms with Crippen molar-refractivity contribution in [3.8, 4) is 11.1 Å². The van der Waals surface area contributed by atoms with Gasteiger partial charge in [-0.25, -0.2) is 0 Å². The van der Waals surface area contributed by atoms with Gasteiger partial charge in [0.05, 0.1) is 0 Å². The Morgan fingerprint density at radius 1 is 0.432 bits per heavy atom. The van der Waals surface area contributed by atoms with E-state index in [1.165, 1.54) is 91.1 Å². The second-order valence-electron chi connectivity index (χ2n) is 11.8. The molecule has 210 valence electrons. The zero-order valence-corrected chi connectivity index (χ0v) is 26.0. The fourth-order valence-electron chi connectivity index (χ4n) is 6.95. The van der Waals surface area contributed by atoms with Crippen LogP contribution in [0.4, 0.5) is 0 Å². The number of fused-ring (bicyclic) bond motifs is 10. The van der Waals surface area contributed by atoms with Crippen molar-refractivity contribution in [2.75, 3.05) is 0 Å². The Labute approximate surface area is 261 Å². The molecule has 0 amide bonds. The van der Waals surface area contributed by atoms with E-state index in [0.717, 1.165) is 0 Å². The normalized spacial score (nSPS) is 11.5. The van der Waals surface area contributed by atoms with Crippen molar-refractivity contribution >= 4 is 74.6 Å². The van der Waals surface area contributed by atoms with E-state index in [2.05, 4.69) is 160 Å². The number of hydrogen-bond acceptors (Lipinski definition) is 1. The molecule has 0 saturated heterocycles. The number of aryl methyl sites for hydroxylation is 3. The Hall–Kier alpha value is -4.98. The van der Waals surface area contributed by atoms with Crippen molar-refractivity contribution in [1.29, 1.82) is 0 Å². The molecule has 0 saturated carbocycles. The summed E-state index contributed by atoms with van der Waals surface area (Å²) in [4.78, 5) is 0. The molecule has 44 heavy (non-hydrogen) atoms. The first-order valence-electron chi connectivity index (χ1n) is 15.3. The van der Waals surface area contributed by atoms with Gasteiger partial charge >= 0.3 is 0 Å². The van der Waals surface area contributed by atoms with E-state index >= 15 is 0 Å². The van der Waals surface area contributed by atoms with Crippen LogP contribution in [-0.4, -0.2) is 0 Å². The molecule has 0 aliphatic rings. The van der Waals surface area contributed by atoms with Crippen LogP contribution in [0.2, 0.25) is 0 Å². The highest BCUT2D eigenvalue weighted by atomic mass is 32.1. The molecule has 0 fully saturated rings. The highest BCUT2D eigenvalue weighted by Gasteiger charge is 2.16. The molecular formula is C43H32S. The fraction of sp³-hybridized carbons (Fsp3) is 0.0698. The number of benzene rings is 8. The Morgan fingerprint density at radius 2 is 1.05 bits per heavy atom. The van der Waals surface area contributed by atoms with Crippen molar-refractivity contribution in [3.05, 3.63) is 156 Å². The van der Waals surface area contributed by atoms with Crippen molar-refractivity contribution < 1.29 is 0 Å². The zero-order valence-electron chi connectivity index (χ0n) is 25.2. The van der Waals surface area contributed by atoms with E-state index in [4.69, 9.17) is 0 Å². The number of thiophene rings is 1. The van der Waals surface area contributed by atoms with Crippen LogP contribution in [-0.2, 0) is 0 Å². The van der Waals surface area contributed by atoms with Gasteiger partial charge in [-0.3, -0.25) is 0 Å². The van der Waals surface area contributed by atoms with Crippen LogP contribution in [0, 0.1) is 20.8 Å². The van der Waals surface area contributed by atoms with Crippen molar-refractivity contribution in [2.24, 2.45) is 0 Å². The summed E-state index contributed by atoms with van der Waals surface area (Å²) in [5.74, 6) is 0. The minimum atomic E-state index is 1.30. The van der Waals surface area contributed by atoms with Gasteiger partial charge in [0.2, 0.25) is 0 Å².